The SMILES string of the molecule is Cc1ncn(CC(=O)N2CCCC(c3cccc(C(=O)O)c3)C2)c1C. The number of likely N-dealkylation sites (tertiary alicyclic amines) is 1. The number of carbonyl (C=O) groups is 2. The third-order valence-electron chi connectivity index (χ3n) is 5.03. The smallest absolute Gasteiger partial charge is 0.335 e. The maximum absolute atomic E-state index is 12.7. The van der Waals surface area contributed by atoms with E-state index in [1.807, 2.05) is 29.4 Å². The van der Waals surface area contributed by atoms with Gasteiger partial charge in [0.1, 0.15) is 6.54 Å². The summed E-state index contributed by atoms with van der Waals surface area (Å²) in [5.74, 6) is -0.654. The number of carboxylic acid groups (broad SMARTS) is 1. The van der Waals surface area contributed by atoms with Gasteiger partial charge in [0.2, 0.25) is 5.91 Å². The summed E-state index contributed by atoms with van der Waals surface area (Å²) in [5, 5.41) is 9.17. The zero-order valence-corrected chi connectivity index (χ0v) is 14.6. The second-order valence-electron chi connectivity index (χ2n) is 6.65. The zero-order valence-electron chi connectivity index (χ0n) is 14.6. The van der Waals surface area contributed by atoms with Gasteiger partial charge in [0.25, 0.3) is 0 Å². The van der Waals surface area contributed by atoms with Crippen molar-refractivity contribution in [2.75, 3.05) is 13.1 Å². The fourth-order valence-electron chi connectivity index (χ4n) is 3.35. The number of aryl methyl sites for hydroxylation is 1. The Balaban J connectivity index is 1.70. The number of benzene rings is 1. The van der Waals surface area contributed by atoms with Gasteiger partial charge >= 0.3 is 5.97 Å². The van der Waals surface area contributed by atoms with E-state index in [9.17, 15) is 9.59 Å². The quantitative estimate of drug-likeness (QED) is 0.927. The lowest BCUT2D eigenvalue weighted by atomic mass is 9.89. The molecule has 1 aromatic carbocycles. The number of rotatable bonds is 4. The molecule has 6 nitrogen and oxygen atoms in total. The van der Waals surface area contributed by atoms with Crippen molar-refractivity contribution in [1.29, 1.82) is 0 Å². The summed E-state index contributed by atoms with van der Waals surface area (Å²) >= 11 is 0. The Morgan fingerprint density at radius 3 is 2.80 bits per heavy atom. The van der Waals surface area contributed by atoms with Crippen LogP contribution < -0.4 is 0 Å². The van der Waals surface area contributed by atoms with Gasteiger partial charge in [-0.2, -0.15) is 0 Å². The molecular formula is C19H23N3O3. The molecule has 6 heteroatoms. The molecule has 3 rings (SSSR count). The highest BCUT2D eigenvalue weighted by Crippen LogP contribution is 2.27. The summed E-state index contributed by atoms with van der Waals surface area (Å²) in [7, 11) is 0. The number of imidazole rings is 1. The average Bonchev–Trinajstić information content (AvgIpc) is 2.94. The monoisotopic (exact) mass is 341 g/mol. The predicted octanol–water partition coefficient (Wildman–Crippen LogP) is 2.60. The highest BCUT2D eigenvalue weighted by atomic mass is 16.4. The van der Waals surface area contributed by atoms with Gasteiger partial charge in [-0.3, -0.25) is 4.79 Å². The molecule has 0 saturated carbocycles. The van der Waals surface area contributed by atoms with Gasteiger partial charge in [0.15, 0.2) is 0 Å². The van der Waals surface area contributed by atoms with E-state index in [2.05, 4.69) is 4.98 Å². The van der Waals surface area contributed by atoms with Crippen LogP contribution in [0.25, 0.3) is 0 Å². The Hall–Kier alpha value is -2.63. The van der Waals surface area contributed by atoms with Crippen molar-refractivity contribution in [2.24, 2.45) is 0 Å². The second-order valence-corrected chi connectivity index (χ2v) is 6.65. The number of hydrogen-bond acceptors (Lipinski definition) is 3. The molecular weight excluding hydrogens is 318 g/mol. The molecule has 2 heterocycles. The zero-order chi connectivity index (χ0) is 18.0. The molecule has 1 aliphatic rings. The molecule has 0 aliphatic carbocycles. The number of amides is 1. The first-order valence-corrected chi connectivity index (χ1v) is 8.55. The lowest BCUT2D eigenvalue weighted by Crippen LogP contribution is -2.40. The summed E-state index contributed by atoms with van der Waals surface area (Å²) in [4.78, 5) is 30.0. The summed E-state index contributed by atoms with van der Waals surface area (Å²) in [6.07, 6.45) is 3.60. The maximum atomic E-state index is 12.7. The van der Waals surface area contributed by atoms with Crippen LogP contribution in [0, 0.1) is 13.8 Å². The van der Waals surface area contributed by atoms with Gasteiger partial charge in [-0.25, -0.2) is 9.78 Å². The van der Waals surface area contributed by atoms with E-state index in [4.69, 9.17) is 5.11 Å². The maximum Gasteiger partial charge on any atom is 0.335 e. The van der Waals surface area contributed by atoms with Crippen molar-refractivity contribution >= 4 is 11.9 Å². The summed E-state index contributed by atoms with van der Waals surface area (Å²) in [5.41, 5.74) is 3.24. The molecule has 1 aliphatic heterocycles. The van der Waals surface area contributed by atoms with Crippen molar-refractivity contribution in [3.8, 4) is 0 Å². The van der Waals surface area contributed by atoms with Gasteiger partial charge < -0.3 is 14.6 Å². The number of carbonyl (C=O) groups excluding carboxylic acids is 1. The van der Waals surface area contributed by atoms with Gasteiger partial charge in [0, 0.05) is 24.7 Å². The molecule has 1 amide bonds. The topological polar surface area (TPSA) is 75.4 Å². The molecule has 1 fully saturated rings. The largest absolute Gasteiger partial charge is 0.478 e. The van der Waals surface area contributed by atoms with Gasteiger partial charge in [-0.1, -0.05) is 12.1 Å². The lowest BCUT2D eigenvalue weighted by Gasteiger charge is -2.33. The second kappa shape index (κ2) is 7.09. The number of aromatic nitrogens is 2. The van der Waals surface area contributed by atoms with Crippen LogP contribution in [0.3, 0.4) is 0 Å². The average molecular weight is 341 g/mol. The first-order valence-electron chi connectivity index (χ1n) is 8.55. The van der Waals surface area contributed by atoms with E-state index in [0.29, 0.717) is 18.7 Å². The summed E-state index contributed by atoms with van der Waals surface area (Å²) in [6, 6.07) is 7.05. The van der Waals surface area contributed by atoms with Crippen LogP contribution in [-0.2, 0) is 11.3 Å². The third-order valence-corrected chi connectivity index (χ3v) is 5.03. The Morgan fingerprint density at radius 1 is 1.32 bits per heavy atom. The molecule has 1 unspecified atom stereocenters. The Morgan fingerprint density at radius 2 is 2.12 bits per heavy atom. The Kier molecular flexibility index (Phi) is 4.88. The third kappa shape index (κ3) is 3.73. The van der Waals surface area contributed by atoms with Crippen LogP contribution in [0.1, 0.15) is 46.1 Å². The summed E-state index contributed by atoms with van der Waals surface area (Å²) < 4.78 is 1.88. The number of nitrogens with zero attached hydrogens (tertiary/aromatic N) is 3. The van der Waals surface area contributed by atoms with Crippen LogP contribution in [0.5, 0.6) is 0 Å². The molecule has 0 bridgehead atoms. The number of aromatic carboxylic acids is 1. The van der Waals surface area contributed by atoms with Crippen LogP contribution in [0.15, 0.2) is 30.6 Å². The van der Waals surface area contributed by atoms with E-state index in [1.54, 1.807) is 24.5 Å². The number of carboxylic acids is 1. The molecule has 2 aromatic rings. The minimum atomic E-state index is -0.920. The predicted molar refractivity (Wildman–Crippen MR) is 93.7 cm³/mol. The van der Waals surface area contributed by atoms with Gasteiger partial charge in [-0.15, -0.1) is 0 Å². The van der Waals surface area contributed by atoms with Gasteiger partial charge in [-0.05, 0) is 44.4 Å². The van der Waals surface area contributed by atoms with Crippen LogP contribution in [0.2, 0.25) is 0 Å². The standard InChI is InChI=1S/C19H23N3O3/c1-13-14(2)22(12-20-13)11-18(23)21-8-4-7-17(10-21)15-5-3-6-16(9-15)19(24)25/h3,5-6,9,12,17H,4,7-8,10-11H2,1-2H3,(H,24,25). The number of piperidine rings is 1. The molecule has 1 aromatic heterocycles. The van der Waals surface area contributed by atoms with E-state index in [-0.39, 0.29) is 11.8 Å². The lowest BCUT2D eigenvalue weighted by molar-refractivity contribution is -0.133. The molecule has 0 radical (unpaired) electrons. The minimum Gasteiger partial charge on any atom is -0.478 e. The van der Waals surface area contributed by atoms with Crippen molar-refractivity contribution in [3.05, 3.63) is 53.1 Å². The fraction of sp³-hybridized carbons (Fsp3) is 0.421. The highest BCUT2D eigenvalue weighted by Gasteiger charge is 2.25. The molecule has 132 valence electrons. The molecule has 1 saturated heterocycles. The van der Waals surface area contributed by atoms with Crippen LogP contribution in [0.4, 0.5) is 0 Å². The molecule has 25 heavy (non-hydrogen) atoms. The van der Waals surface area contributed by atoms with Crippen molar-refractivity contribution in [3.63, 3.8) is 0 Å². The van der Waals surface area contributed by atoms with Crippen molar-refractivity contribution < 1.29 is 14.7 Å². The van der Waals surface area contributed by atoms with Gasteiger partial charge in [0.05, 0.1) is 17.6 Å². The van der Waals surface area contributed by atoms with E-state index >= 15 is 0 Å². The van der Waals surface area contributed by atoms with E-state index < -0.39 is 5.97 Å². The fourth-order valence-corrected chi connectivity index (χ4v) is 3.35. The van der Waals surface area contributed by atoms with E-state index in [1.165, 1.54) is 0 Å². The Bertz CT molecular complexity index is 797. The normalized spacial score (nSPS) is 17.5. The Labute approximate surface area is 147 Å². The van der Waals surface area contributed by atoms with Crippen LogP contribution >= 0.6 is 0 Å². The molecule has 0 spiro atoms. The molecule has 1 atom stereocenters. The first-order chi connectivity index (χ1) is 12.0. The van der Waals surface area contributed by atoms with Crippen molar-refractivity contribution in [1.82, 2.24) is 14.5 Å². The minimum absolute atomic E-state index is 0.0830. The van der Waals surface area contributed by atoms with Crippen LogP contribution in [-0.4, -0.2) is 44.5 Å². The van der Waals surface area contributed by atoms with Crippen molar-refractivity contribution in [2.45, 2.75) is 39.2 Å². The highest BCUT2D eigenvalue weighted by molar-refractivity contribution is 5.87. The summed E-state index contributed by atoms with van der Waals surface area (Å²) in [6.45, 7) is 5.58. The molecule has 1 N–H and O–H groups in total. The first kappa shape index (κ1) is 17.2. The van der Waals surface area contributed by atoms with E-state index in [0.717, 1.165) is 36.3 Å². The number of hydrogen-bond donors (Lipinski definition) is 1.